The lowest BCUT2D eigenvalue weighted by molar-refractivity contribution is 0.495. The van der Waals surface area contributed by atoms with E-state index in [1.54, 1.807) is 11.3 Å². The Morgan fingerprint density at radius 2 is 2.06 bits per heavy atom. The average molecular weight is 260 g/mol. The molecule has 1 atom stereocenters. The first-order chi connectivity index (χ1) is 8.81. The Balaban J connectivity index is 2.01. The second-order valence-electron chi connectivity index (χ2n) is 4.49. The first-order valence-corrected chi connectivity index (χ1v) is 7.36. The van der Waals surface area contributed by atoms with Gasteiger partial charge in [0.15, 0.2) is 0 Å². The van der Waals surface area contributed by atoms with Crippen LogP contribution in [-0.4, -0.2) is 4.98 Å². The van der Waals surface area contributed by atoms with Gasteiger partial charge in [0.2, 0.25) is 0 Å². The van der Waals surface area contributed by atoms with Crippen molar-refractivity contribution in [2.45, 2.75) is 39.3 Å². The highest BCUT2D eigenvalue weighted by Crippen LogP contribution is 2.20. The molecular weight excluding hydrogens is 240 g/mol. The van der Waals surface area contributed by atoms with Gasteiger partial charge < -0.3 is 5.32 Å². The zero-order valence-electron chi connectivity index (χ0n) is 11.0. The number of hydrogen-bond donors (Lipinski definition) is 1. The molecule has 0 fully saturated rings. The minimum absolute atomic E-state index is 0.442. The summed E-state index contributed by atoms with van der Waals surface area (Å²) in [4.78, 5) is 5.63. The van der Waals surface area contributed by atoms with Crippen LogP contribution in [0.5, 0.6) is 0 Å². The van der Waals surface area contributed by atoms with Gasteiger partial charge in [0, 0.05) is 17.5 Å². The van der Waals surface area contributed by atoms with Crippen molar-refractivity contribution < 1.29 is 0 Å². The van der Waals surface area contributed by atoms with Gasteiger partial charge in [0.05, 0.1) is 11.2 Å². The van der Waals surface area contributed by atoms with E-state index in [9.17, 15) is 0 Å². The Hall–Kier alpha value is -1.19. The lowest BCUT2D eigenvalue weighted by Crippen LogP contribution is -2.20. The number of aromatic nitrogens is 1. The molecule has 0 aliphatic carbocycles. The molecule has 0 amide bonds. The van der Waals surface area contributed by atoms with Crippen LogP contribution >= 0.6 is 11.3 Å². The maximum absolute atomic E-state index is 4.29. The van der Waals surface area contributed by atoms with Gasteiger partial charge >= 0.3 is 0 Å². The smallest absolute Gasteiger partial charge is 0.0798 e. The Morgan fingerprint density at radius 1 is 1.28 bits per heavy atom. The largest absolute Gasteiger partial charge is 0.305 e. The van der Waals surface area contributed by atoms with Crippen LogP contribution in [0.4, 0.5) is 0 Å². The maximum atomic E-state index is 4.29. The molecule has 0 saturated carbocycles. The molecule has 18 heavy (non-hydrogen) atoms. The van der Waals surface area contributed by atoms with Crippen LogP contribution in [-0.2, 0) is 6.54 Å². The van der Waals surface area contributed by atoms with Crippen LogP contribution in [0.1, 0.15) is 41.9 Å². The van der Waals surface area contributed by atoms with Crippen molar-refractivity contribution >= 4 is 11.3 Å². The number of nitrogens with one attached hydrogen (secondary N) is 1. The Labute approximate surface area is 113 Å². The van der Waals surface area contributed by atoms with E-state index in [1.807, 2.05) is 5.51 Å². The first kappa shape index (κ1) is 13.2. The molecule has 1 aromatic heterocycles. The summed E-state index contributed by atoms with van der Waals surface area (Å²) < 4.78 is 0. The van der Waals surface area contributed by atoms with Crippen LogP contribution in [0, 0.1) is 6.92 Å². The number of hydrogen-bond acceptors (Lipinski definition) is 3. The van der Waals surface area contributed by atoms with Gasteiger partial charge in [-0.3, -0.25) is 0 Å². The summed E-state index contributed by atoms with van der Waals surface area (Å²) in [6, 6.07) is 11.1. The second kappa shape index (κ2) is 6.66. The fourth-order valence-electron chi connectivity index (χ4n) is 2.07. The molecule has 0 radical (unpaired) electrons. The second-order valence-corrected chi connectivity index (χ2v) is 5.43. The average Bonchev–Trinajstić information content (AvgIpc) is 2.81. The molecule has 0 bridgehead atoms. The normalized spacial score (nSPS) is 12.6. The molecule has 2 nitrogen and oxygen atoms in total. The topological polar surface area (TPSA) is 24.9 Å². The van der Waals surface area contributed by atoms with Crippen LogP contribution in [0.25, 0.3) is 0 Å². The lowest BCUT2D eigenvalue weighted by Gasteiger charge is -2.18. The number of aryl methyl sites for hydroxylation is 1. The number of benzene rings is 1. The van der Waals surface area contributed by atoms with Crippen molar-refractivity contribution in [3.63, 3.8) is 0 Å². The van der Waals surface area contributed by atoms with E-state index in [0.29, 0.717) is 6.04 Å². The van der Waals surface area contributed by atoms with E-state index in [0.717, 1.165) is 12.2 Å². The molecule has 1 unspecified atom stereocenters. The summed E-state index contributed by atoms with van der Waals surface area (Å²) in [5.41, 5.74) is 4.45. The number of nitrogens with zero attached hydrogens (tertiary/aromatic N) is 1. The van der Waals surface area contributed by atoms with Crippen molar-refractivity contribution in [1.82, 2.24) is 10.3 Å². The van der Waals surface area contributed by atoms with Gasteiger partial charge in [-0.1, -0.05) is 43.7 Å². The van der Waals surface area contributed by atoms with Gasteiger partial charge in [-0.2, -0.15) is 0 Å². The highest BCUT2D eigenvalue weighted by molar-refractivity contribution is 7.09. The van der Waals surface area contributed by atoms with Crippen molar-refractivity contribution in [2.24, 2.45) is 0 Å². The molecule has 0 aliphatic heterocycles. The van der Waals surface area contributed by atoms with Crippen LogP contribution < -0.4 is 5.32 Å². The minimum atomic E-state index is 0.442. The number of thiazole rings is 1. The molecule has 0 spiro atoms. The highest BCUT2D eigenvalue weighted by atomic mass is 32.1. The third kappa shape index (κ3) is 3.40. The fourth-order valence-corrected chi connectivity index (χ4v) is 2.80. The molecule has 3 heteroatoms. The van der Waals surface area contributed by atoms with Crippen LogP contribution in [0.15, 0.2) is 35.8 Å². The van der Waals surface area contributed by atoms with Gasteiger partial charge in [-0.05, 0) is 18.9 Å². The molecule has 1 heterocycles. The fraction of sp³-hybridized carbons (Fsp3) is 0.400. The van der Waals surface area contributed by atoms with Crippen molar-refractivity contribution in [3.8, 4) is 0 Å². The molecule has 1 N–H and O–H groups in total. The molecule has 2 aromatic rings. The molecular formula is C15H20N2S. The minimum Gasteiger partial charge on any atom is -0.305 e. The van der Waals surface area contributed by atoms with Crippen molar-refractivity contribution in [2.75, 3.05) is 0 Å². The molecule has 0 aliphatic rings. The van der Waals surface area contributed by atoms with Crippen LogP contribution in [0.2, 0.25) is 0 Å². The van der Waals surface area contributed by atoms with Crippen LogP contribution in [0.3, 0.4) is 0 Å². The van der Waals surface area contributed by atoms with E-state index in [1.165, 1.54) is 23.3 Å². The Bertz CT molecular complexity index is 464. The lowest BCUT2D eigenvalue weighted by atomic mass is 10.0. The van der Waals surface area contributed by atoms with E-state index in [2.05, 4.69) is 54.5 Å². The summed E-state index contributed by atoms with van der Waals surface area (Å²) >= 11 is 1.73. The Kier molecular flexibility index (Phi) is 4.90. The highest BCUT2D eigenvalue weighted by Gasteiger charge is 2.10. The van der Waals surface area contributed by atoms with E-state index in [4.69, 9.17) is 0 Å². The third-order valence-electron chi connectivity index (χ3n) is 3.13. The van der Waals surface area contributed by atoms with E-state index >= 15 is 0 Å². The third-order valence-corrected chi connectivity index (χ3v) is 4.07. The van der Waals surface area contributed by atoms with Crippen molar-refractivity contribution in [1.29, 1.82) is 0 Å². The summed E-state index contributed by atoms with van der Waals surface area (Å²) in [5, 5.41) is 3.65. The molecule has 0 saturated heterocycles. The molecule has 2 rings (SSSR count). The van der Waals surface area contributed by atoms with Crippen molar-refractivity contribution in [3.05, 3.63) is 52.0 Å². The van der Waals surface area contributed by atoms with Gasteiger partial charge in [0.1, 0.15) is 0 Å². The zero-order valence-corrected chi connectivity index (χ0v) is 11.8. The summed E-state index contributed by atoms with van der Waals surface area (Å²) in [6.45, 7) is 5.22. The van der Waals surface area contributed by atoms with E-state index < -0.39 is 0 Å². The number of rotatable bonds is 6. The Morgan fingerprint density at radius 3 is 2.67 bits per heavy atom. The first-order valence-electron chi connectivity index (χ1n) is 6.48. The molecule has 1 aromatic carbocycles. The van der Waals surface area contributed by atoms with Gasteiger partial charge in [-0.15, -0.1) is 11.3 Å². The summed E-state index contributed by atoms with van der Waals surface area (Å²) in [5.74, 6) is 0. The standard InChI is InChI=1S/C15H20N2S/c1-3-7-14(13-8-5-4-6-9-13)16-10-15-12(2)17-11-18-15/h4-6,8-9,11,14,16H,3,7,10H2,1-2H3. The van der Waals surface area contributed by atoms with E-state index in [-0.39, 0.29) is 0 Å². The predicted molar refractivity (Wildman–Crippen MR) is 77.8 cm³/mol. The summed E-state index contributed by atoms with van der Waals surface area (Å²) in [6.07, 6.45) is 2.36. The monoisotopic (exact) mass is 260 g/mol. The zero-order chi connectivity index (χ0) is 12.8. The maximum Gasteiger partial charge on any atom is 0.0798 e. The summed E-state index contributed by atoms with van der Waals surface area (Å²) in [7, 11) is 0. The van der Waals surface area contributed by atoms with Gasteiger partial charge in [-0.25, -0.2) is 4.98 Å². The quantitative estimate of drug-likeness (QED) is 0.846. The van der Waals surface area contributed by atoms with Gasteiger partial charge in [0.25, 0.3) is 0 Å². The SMILES string of the molecule is CCCC(NCc1scnc1C)c1ccccc1. The predicted octanol–water partition coefficient (Wildman–Crippen LogP) is 4.08. The molecule has 96 valence electrons.